The van der Waals surface area contributed by atoms with E-state index in [9.17, 15) is 9.59 Å². The Labute approximate surface area is 177 Å². The van der Waals surface area contributed by atoms with Crippen molar-refractivity contribution < 1.29 is 24.1 Å². The van der Waals surface area contributed by atoms with Gasteiger partial charge < -0.3 is 19.9 Å². The summed E-state index contributed by atoms with van der Waals surface area (Å²) in [6, 6.07) is 17.4. The molecule has 4 rings (SSSR count). The summed E-state index contributed by atoms with van der Waals surface area (Å²) >= 11 is 0. The Morgan fingerprint density at radius 1 is 0.967 bits per heavy atom. The van der Waals surface area contributed by atoms with E-state index in [0.29, 0.717) is 6.67 Å². The first kappa shape index (κ1) is 20.4. The summed E-state index contributed by atoms with van der Waals surface area (Å²) in [5.41, 5.74) is 1.12. The Kier molecular flexibility index (Phi) is 5.74. The molecule has 2 aliphatic heterocycles. The molecule has 0 bridgehead atoms. The summed E-state index contributed by atoms with van der Waals surface area (Å²) in [4.78, 5) is 29.8. The minimum Gasteiger partial charge on any atom is -0.497 e. The van der Waals surface area contributed by atoms with Gasteiger partial charge in [0.25, 0.3) is 5.91 Å². The van der Waals surface area contributed by atoms with Crippen molar-refractivity contribution in [2.45, 2.75) is 19.0 Å². The largest absolute Gasteiger partial charge is 0.497 e. The maximum Gasteiger partial charge on any atom is 0.329 e. The van der Waals surface area contributed by atoms with Gasteiger partial charge in [0, 0.05) is 5.56 Å². The molecule has 2 aromatic carbocycles. The number of hydrogen-bond acceptors (Lipinski definition) is 3. The summed E-state index contributed by atoms with van der Waals surface area (Å²) in [5, 5.41) is 2.90. The van der Waals surface area contributed by atoms with Crippen LogP contribution < -0.4 is 19.9 Å². The van der Waals surface area contributed by atoms with E-state index in [2.05, 4.69) is 17.4 Å². The molecule has 30 heavy (non-hydrogen) atoms. The van der Waals surface area contributed by atoms with Crippen LogP contribution in [0.3, 0.4) is 0 Å². The van der Waals surface area contributed by atoms with E-state index in [1.807, 2.05) is 42.5 Å². The van der Waals surface area contributed by atoms with Gasteiger partial charge >= 0.3 is 6.03 Å². The normalized spacial score (nSPS) is 26.5. The van der Waals surface area contributed by atoms with Gasteiger partial charge in [-0.3, -0.25) is 4.79 Å². The number of nitrogens with zero attached hydrogens (tertiary/aromatic N) is 1. The Hall–Kier alpha value is -2.90. The molecule has 0 unspecified atom stereocenters. The smallest absolute Gasteiger partial charge is 0.329 e. The van der Waals surface area contributed by atoms with Crippen LogP contribution in [0.1, 0.15) is 18.1 Å². The van der Waals surface area contributed by atoms with Crippen LogP contribution in [-0.4, -0.2) is 56.8 Å². The quantitative estimate of drug-likeness (QED) is 0.558. The Morgan fingerprint density at radius 2 is 1.60 bits per heavy atom. The number of imide groups is 1. The molecule has 2 aliphatic rings. The second-order valence-electron chi connectivity index (χ2n) is 8.34. The van der Waals surface area contributed by atoms with Gasteiger partial charge in [0.15, 0.2) is 6.67 Å². The van der Waals surface area contributed by atoms with Gasteiger partial charge in [-0.15, -0.1) is 0 Å². The van der Waals surface area contributed by atoms with Crippen molar-refractivity contribution in [2.75, 3.05) is 40.0 Å². The molecule has 2 fully saturated rings. The fourth-order valence-electron chi connectivity index (χ4n) is 4.36. The molecule has 2 aromatic rings. The third-order valence-corrected chi connectivity index (χ3v) is 6.29. The minimum absolute atomic E-state index is 0.167. The van der Waals surface area contributed by atoms with E-state index in [1.165, 1.54) is 20.3 Å². The Bertz CT molecular complexity index is 894. The van der Waals surface area contributed by atoms with Crippen molar-refractivity contribution in [3.05, 3.63) is 65.7 Å². The second kappa shape index (κ2) is 8.45. The third-order valence-electron chi connectivity index (χ3n) is 6.29. The number of rotatable bonds is 6. The van der Waals surface area contributed by atoms with Crippen LogP contribution in [-0.2, 0) is 16.9 Å². The van der Waals surface area contributed by atoms with Crippen LogP contribution in [0, 0.1) is 0 Å². The molecule has 1 atom stereocenters. The maximum absolute atomic E-state index is 13.1. The number of urea groups is 1. The molecule has 0 saturated carbocycles. The summed E-state index contributed by atoms with van der Waals surface area (Å²) in [7, 11) is 1.68. The highest BCUT2D eigenvalue weighted by molar-refractivity contribution is 6.07. The number of carbonyl (C=O) groups excluding carboxylic acids is 2. The first-order valence-electron chi connectivity index (χ1n) is 10.5. The first-order chi connectivity index (χ1) is 14.5. The number of ether oxygens (including phenoxy) is 1. The summed E-state index contributed by atoms with van der Waals surface area (Å²) < 4.78 is 5.22. The first-order valence-corrected chi connectivity index (χ1v) is 10.5. The van der Waals surface area contributed by atoms with E-state index in [1.54, 1.807) is 14.0 Å². The molecule has 0 aromatic heterocycles. The zero-order valence-electron chi connectivity index (χ0n) is 17.6. The Morgan fingerprint density at radius 3 is 2.23 bits per heavy atom. The standard InChI is InChI=1S/C23H28N4O3/c1-23(19-6-4-3-5-7-19)21(28)27(22(29)24-23)17-26-14-12-25(13-15-26)16-18-8-10-20(30-2)11-9-18/h3-11H,12-17H2,1-2H3,(H,24,29)/p+2/t23-/m1/s1. The third kappa shape index (κ3) is 4.04. The number of benzene rings is 2. The van der Waals surface area contributed by atoms with Crippen molar-refractivity contribution >= 4 is 11.9 Å². The molecule has 0 radical (unpaired) electrons. The molecule has 158 valence electrons. The number of methoxy groups -OCH3 is 1. The molecule has 2 saturated heterocycles. The number of carbonyl (C=O) groups is 2. The Balaban J connectivity index is 1.32. The van der Waals surface area contributed by atoms with Crippen LogP contribution >= 0.6 is 0 Å². The van der Waals surface area contributed by atoms with Crippen LogP contribution in [0.25, 0.3) is 0 Å². The van der Waals surface area contributed by atoms with Crippen molar-refractivity contribution in [3.8, 4) is 5.75 Å². The highest BCUT2D eigenvalue weighted by atomic mass is 16.5. The van der Waals surface area contributed by atoms with Crippen molar-refractivity contribution in [1.29, 1.82) is 0 Å². The minimum atomic E-state index is -0.987. The van der Waals surface area contributed by atoms with Gasteiger partial charge in [0.05, 0.1) is 7.11 Å². The van der Waals surface area contributed by atoms with Gasteiger partial charge in [0.2, 0.25) is 0 Å². The summed E-state index contributed by atoms with van der Waals surface area (Å²) in [6.45, 7) is 7.08. The van der Waals surface area contributed by atoms with E-state index in [0.717, 1.165) is 44.0 Å². The lowest BCUT2D eigenvalue weighted by Gasteiger charge is -2.31. The fraction of sp³-hybridized carbons (Fsp3) is 0.391. The molecule has 7 nitrogen and oxygen atoms in total. The molecular weight excluding hydrogens is 380 g/mol. The van der Waals surface area contributed by atoms with E-state index in [4.69, 9.17) is 4.74 Å². The van der Waals surface area contributed by atoms with E-state index in [-0.39, 0.29) is 11.9 Å². The maximum atomic E-state index is 13.1. The zero-order valence-corrected chi connectivity index (χ0v) is 17.6. The number of hydrogen-bond donors (Lipinski definition) is 3. The van der Waals surface area contributed by atoms with Crippen LogP contribution in [0.15, 0.2) is 54.6 Å². The highest BCUT2D eigenvalue weighted by Gasteiger charge is 2.50. The molecule has 2 heterocycles. The van der Waals surface area contributed by atoms with Gasteiger partial charge in [-0.2, -0.15) is 0 Å². The van der Waals surface area contributed by atoms with Crippen LogP contribution in [0.5, 0.6) is 5.75 Å². The average molecular weight is 411 g/mol. The SMILES string of the molecule is COc1ccc(C[NH+]2CC[NH+](CN3C(=O)N[C@](C)(c4ccccc4)C3=O)CC2)cc1. The number of quaternary nitrogens is 2. The second-order valence-corrected chi connectivity index (χ2v) is 8.34. The molecular formula is C23H30N4O3+2. The van der Waals surface area contributed by atoms with Crippen LogP contribution in [0.4, 0.5) is 4.79 Å². The van der Waals surface area contributed by atoms with E-state index >= 15 is 0 Å². The molecule has 3 N–H and O–H groups in total. The zero-order chi connectivity index (χ0) is 21.1. The van der Waals surface area contributed by atoms with Crippen LogP contribution in [0.2, 0.25) is 0 Å². The predicted octanol–water partition coefficient (Wildman–Crippen LogP) is -0.597. The number of nitrogens with one attached hydrogen (secondary N) is 3. The monoisotopic (exact) mass is 410 g/mol. The van der Waals surface area contributed by atoms with Gasteiger partial charge in [-0.1, -0.05) is 30.3 Å². The fourth-order valence-corrected chi connectivity index (χ4v) is 4.36. The lowest BCUT2D eigenvalue weighted by Crippen LogP contribution is -3.28. The summed E-state index contributed by atoms with van der Waals surface area (Å²) in [5.74, 6) is 0.707. The number of piperazine rings is 1. The van der Waals surface area contributed by atoms with Gasteiger partial charge in [-0.25, -0.2) is 9.69 Å². The molecule has 7 heteroatoms. The van der Waals surface area contributed by atoms with Crippen molar-refractivity contribution in [3.63, 3.8) is 0 Å². The van der Waals surface area contributed by atoms with Gasteiger partial charge in [-0.05, 0) is 36.8 Å². The van der Waals surface area contributed by atoms with Crippen molar-refractivity contribution in [2.24, 2.45) is 0 Å². The van der Waals surface area contributed by atoms with Crippen molar-refractivity contribution in [1.82, 2.24) is 10.2 Å². The van der Waals surface area contributed by atoms with Gasteiger partial charge in [0.1, 0.15) is 44.0 Å². The molecule has 3 amide bonds. The van der Waals surface area contributed by atoms with E-state index < -0.39 is 5.54 Å². The number of amides is 3. The lowest BCUT2D eigenvalue weighted by molar-refractivity contribution is -1.02. The molecule has 0 aliphatic carbocycles. The lowest BCUT2D eigenvalue weighted by atomic mass is 9.92. The average Bonchev–Trinajstić information content (AvgIpc) is 3.00. The molecule has 0 spiro atoms. The highest BCUT2D eigenvalue weighted by Crippen LogP contribution is 2.27. The summed E-state index contributed by atoms with van der Waals surface area (Å²) in [6.07, 6.45) is 0. The topological polar surface area (TPSA) is 67.5 Å². The predicted molar refractivity (Wildman–Crippen MR) is 112 cm³/mol.